The molecular formula is C46H32N2. The van der Waals surface area contributed by atoms with Gasteiger partial charge >= 0.3 is 0 Å². The number of hydrogen-bond donors (Lipinski definition) is 1. The number of aromatic nitrogens is 1. The third kappa shape index (κ3) is 5.10. The molecule has 48 heavy (non-hydrogen) atoms. The monoisotopic (exact) mass is 612 g/mol. The minimum absolute atomic E-state index is 1.07. The van der Waals surface area contributed by atoms with Crippen molar-refractivity contribution in [3.63, 3.8) is 0 Å². The van der Waals surface area contributed by atoms with Crippen LogP contribution in [0.1, 0.15) is 0 Å². The minimum Gasteiger partial charge on any atom is -0.356 e. The molecule has 0 fully saturated rings. The lowest BCUT2D eigenvalue weighted by atomic mass is 9.99. The molecule has 9 aromatic rings. The third-order valence-corrected chi connectivity index (χ3v) is 9.38. The Labute approximate surface area is 280 Å². The van der Waals surface area contributed by atoms with Crippen LogP contribution < -0.4 is 5.32 Å². The summed E-state index contributed by atoms with van der Waals surface area (Å²) in [6.45, 7) is 0. The van der Waals surface area contributed by atoms with Crippen LogP contribution in [0.15, 0.2) is 188 Å². The summed E-state index contributed by atoms with van der Waals surface area (Å²) in [7, 11) is 0. The van der Waals surface area contributed by atoms with E-state index in [1.807, 2.05) is 0 Å². The largest absolute Gasteiger partial charge is 0.356 e. The number of rotatable bonds is 6. The molecule has 0 bridgehead atoms. The van der Waals surface area contributed by atoms with Gasteiger partial charge in [0.25, 0.3) is 0 Å². The predicted octanol–water partition coefficient (Wildman–Crippen LogP) is 12.7. The summed E-state index contributed by atoms with van der Waals surface area (Å²) >= 11 is 0. The van der Waals surface area contributed by atoms with Gasteiger partial charge in [-0.1, -0.05) is 127 Å². The van der Waals surface area contributed by atoms with Gasteiger partial charge in [0.1, 0.15) is 0 Å². The van der Waals surface area contributed by atoms with Crippen molar-refractivity contribution in [3.8, 4) is 39.1 Å². The predicted molar refractivity (Wildman–Crippen MR) is 204 cm³/mol. The third-order valence-electron chi connectivity index (χ3n) is 9.38. The first-order valence-corrected chi connectivity index (χ1v) is 16.4. The van der Waals surface area contributed by atoms with Gasteiger partial charge in [0, 0.05) is 27.8 Å². The first-order valence-electron chi connectivity index (χ1n) is 16.4. The van der Waals surface area contributed by atoms with E-state index in [-0.39, 0.29) is 0 Å². The number of nitrogens with one attached hydrogen (secondary N) is 1. The Bertz CT molecular complexity index is 2540. The molecule has 0 saturated carbocycles. The number of fused-ring (bicyclic) bond motifs is 4. The van der Waals surface area contributed by atoms with Crippen LogP contribution in [0, 0.1) is 0 Å². The SMILES string of the molecule is c1ccc(-n2c3ccccc3c3cc(-c4ccc(-c5ccc(Nc6ccc(-c7ccc8ccccc8c7)cc6)cc5)cc4)ccc32)cc1. The molecule has 8 aromatic carbocycles. The maximum Gasteiger partial charge on any atom is 0.0541 e. The van der Waals surface area contributed by atoms with E-state index >= 15 is 0 Å². The number of hydrogen-bond acceptors (Lipinski definition) is 1. The van der Waals surface area contributed by atoms with Crippen molar-refractivity contribution in [3.05, 3.63) is 188 Å². The average molecular weight is 613 g/mol. The first-order chi connectivity index (χ1) is 23.8. The Morgan fingerprint density at radius 3 is 1.48 bits per heavy atom. The second-order valence-electron chi connectivity index (χ2n) is 12.3. The van der Waals surface area contributed by atoms with Crippen molar-refractivity contribution in [2.24, 2.45) is 0 Å². The van der Waals surface area contributed by atoms with Crippen molar-refractivity contribution < 1.29 is 0 Å². The summed E-state index contributed by atoms with van der Waals surface area (Å²) in [5, 5.41) is 8.62. The van der Waals surface area contributed by atoms with E-state index in [2.05, 4.69) is 198 Å². The minimum atomic E-state index is 1.07. The summed E-state index contributed by atoms with van der Waals surface area (Å²) in [5.41, 5.74) is 13.0. The molecule has 2 heteroatoms. The van der Waals surface area contributed by atoms with Crippen LogP contribution in [0.2, 0.25) is 0 Å². The van der Waals surface area contributed by atoms with Gasteiger partial charge in [-0.25, -0.2) is 0 Å². The second kappa shape index (κ2) is 11.8. The van der Waals surface area contributed by atoms with Gasteiger partial charge in [0.2, 0.25) is 0 Å². The molecule has 226 valence electrons. The molecule has 0 saturated heterocycles. The molecule has 0 amide bonds. The zero-order valence-corrected chi connectivity index (χ0v) is 26.3. The van der Waals surface area contributed by atoms with Crippen molar-refractivity contribution in [1.29, 1.82) is 0 Å². The number of anilines is 2. The lowest BCUT2D eigenvalue weighted by molar-refractivity contribution is 1.18. The summed E-state index contributed by atoms with van der Waals surface area (Å²) < 4.78 is 2.36. The molecule has 0 radical (unpaired) electrons. The van der Waals surface area contributed by atoms with E-state index in [0.29, 0.717) is 0 Å². The van der Waals surface area contributed by atoms with Crippen molar-refractivity contribution in [2.45, 2.75) is 0 Å². The van der Waals surface area contributed by atoms with Gasteiger partial charge in [-0.05, 0) is 105 Å². The van der Waals surface area contributed by atoms with Crippen LogP contribution in [-0.2, 0) is 0 Å². The zero-order chi connectivity index (χ0) is 31.9. The first kappa shape index (κ1) is 27.9. The molecule has 9 rings (SSSR count). The van der Waals surface area contributed by atoms with Crippen molar-refractivity contribution >= 4 is 44.0 Å². The highest BCUT2D eigenvalue weighted by Gasteiger charge is 2.13. The molecule has 0 atom stereocenters. The molecule has 0 aliphatic rings. The van der Waals surface area contributed by atoms with Crippen LogP contribution >= 0.6 is 0 Å². The summed E-state index contributed by atoms with van der Waals surface area (Å²) in [6.07, 6.45) is 0. The Morgan fingerprint density at radius 2 is 0.792 bits per heavy atom. The lowest BCUT2D eigenvalue weighted by Gasteiger charge is -2.10. The molecule has 1 aromatic heterocycles. The smallest absolute Gasteiger partial charge is 0.0541 e. The van der Waals surface area contributed by atoms with Crippen molar-refractivity contribution in [1.82, 2.24) is 4.57 Å². The highest BCUT2D eigenvalue weighted by Crippen LogP contribution is 2.35. The van der Waals surface area contributed by atoms with Crippen LogP contribution in [-0.4, -0.2) is 4.57 Å². The van der Waals surface area contributed by atoms with Gasteiger partial charge in [0.15, 0.2) is 0 Å². The maximum atomic E-state index is 3.56. The summed E-state index contributed by atoms with van der Waals surface area (Å²) in [6, 6.07) is 67.5. The van der Waals surface area contributed by atoms with E-state index in [1.54, 1.807) is 0 Å². The van der Waals surface area contributed by atoms with E-state index in [9.17, 15) is 0 Å². The normalized spacial score (nSPS) is 11.3. The molecule has 1 heterocycles. The van der Waals surface area contributed by atoms with Crippen LogP contribution in [0.25, 0.3) is 71.6 Å². The molecule has 2 nitrogen and oxygen atoms in total. The van der Waals surface area contributed by atoms with Crippen LogP contribution in [0.5, 0.6) is 0 Å². The lowest BCUT2D eigenvalue weighted by Crippen LogP contribution is -1.92. The van der Waals surface area contributed by atoms with Gasteiger partial charge in [-0.15, -0.1) is 0 Å². The Balaban J connectivity index is 0.930. The maximum absolute atomic E-state index is 3.56. The van der Waals surface area contributed by atoms with Gasteiger partial charge < -0.3 is 9.88 Å². The fraction of sp³-hybridized carbons (Fsp3) is 0. The van der Waals surface area contributed by atoms with Crippen LogP contribution in [0.4, 0.5) is 11.4 Å². The summed E-state index contributed by atoms with van der Waals surface area (Å²) in [5.74, 6) is 0. The van der Waals surface area contributed by atoms with E-state index < -0.39 is 0 Å². The van der Waals surface area contributed by atoms with Crippen molar-refractivity contribution in [2.75, 3.05) is 5.32 Å². The fourth-order valence-corrected chi connectivity index (χ4v) is 6.89. The molecule has 1 N–H and O–H groups in total. The molecule has 0 spiro atoms. The Kier molecular flexibility index (Phi) is 6.84. The molecule has 0 aliphatic carbocycles. The molecule has 0 aliphatic heterocycles. The van der Waals surface area contributed by atoms with E-state index in [1.165, 1.54) is 71.6 Å². The highest BCUT2D eigenvalue weighted by atomic mass is 15.0. The van der Waals surface area contributed by atoms with Gasteiger partial charge in [-0.2, -0.15) is 0 Å². The summed E-state index contributed by atoms with van der Waals surface area (Å²) in [4.78, 5) is 0. The number of benzene rings is 8. The van der Waals surface area contributed by atoms with Gasteiger partial charge in [0.05, 0.1) is 11.0 Å². The average Bonchev–Trinajstić information content (AvgIpc) is 3.49. The topological polar surface area (TPSA) is 17.0 Å². The number of para-hydroxylation sites is 2. The Morgan fingerprint density at radius 1 is 0.312 bits per heavy atom. The van der Waals surface area contributed by atoms with Crippen LogP contribution in [0.3, 0.4) is 0 Å². The quantitative estimate of drug-likeness (QED) is 0.198. The zero-order valence-electron chi connectivity index (χ0n) is 26.3. The Hall–Kier alpha value is -6.38. The molecule has 0 unspecified atom stereocenters. The second-order valence-corrected chi connectivity index (χ2v) is 12.3. The fourth-order valence-electron chi connectivity index (χ4n) is 6.89. The van der Waals surface area contributed by atoms with E-state index in [0.717, 1.165) is 11.4 Å². The number of nitrogens with zero attached hydrogens (tertiary/aromatic N) is 1. The molecular weight excluding hydrogens is 581 g/mol. The highest BCUT2D eigenvalue weighted by molar-refractivity contribution is 6.10. The standard InChI is InChI=1S/C46H32N2/c1-2-10-42(11-3-1)48-45-13-7-6-12-43(45)44-31-39(24-29-46(44)48)35-16-14-33(15-17-35)34-20-25-40(26-21-34)47-41-27-22-36(23-28-41)38-19-18-32-8-4-5-9-37(32)30-38/h1-31,47H. The van der Waals surface area contributed by atoms with Gasteiger partial charge in [-0.3, -0.25) is 0 Å². The van der Waals surface area contributed by atoms with E-state index in [4.69, 9.17) is 0 Å².